The zero-order valence-corrected chi connectivity index (χ0v) is 14.1. The number of rotatable bonds is 4. The molecule has 0 aliphatic rings. The number of carbonyl (C=O) groups is 1. The molecule has 2 aromatic rings. The molecule has 0 bridgehead atoms. The summed E-state index contributed by atoms with van der Waals surface area (Å²) in [5.41, 5.74) is 0.196. The van der Waals surface area contributed by atoms with Crippen LogP contribution in [0.15, 0.2) is 24.4 Å². The van der Waals surface area contributed by atoms with Crippen LogP contribution >= 0.6 is 0 Å². The van der Waals surface area contributed by atoms with E-state index in [9.17, 15) is 4.79 Å². The number of pyridine rings is 1. The fraction of sp³-hybridized carbons (Fsp3) is 0.412. The third-order valence-electron chi connectivity index (χ3n) is 3.15. The predicted octanol–water partition coefficient (Wildman–Crippen LogP) is 3.28. The molecule has 23 heavy (non-hydrogen) atoms. The zero-order chi connectivity index (χ0) is 17.0. The van der Waals surface area contributed by atoms with Crippen molar-refractivity contribution in [1.29, 1.82) is 0 Å². The van der Waals surface area contributed by atoms with Crippen molar-refractivity contribution in [2.24, 2.45) is 0 Å². The van der Waals surface area contributed by atoms with Crippen LogP contribution in [0.5, 0.6) is 11.5 Å². The maximum atomic E-state index is 11.8. The first-order chi connectivity index (χ1) is 10.8. The summed E-state index contributed by atoms with van der Waals surface area (Å²) in [6, 6.07) is 5.62. The predicted molar refractivity (Wildman–Crippen MR) is 87.9 cm³/mol. The molecule has 1 N–H and O–H groups in total. The number of nitrogens with zero attached hydrogens (tertiary/aromatic N) is 1. The van der Waals surface area contributed by atoms with E-state index in [-0.39, 0.29) is 6.54 Å². The van der Waals surface area contributed by atoms with Crippen LogP contribution in [0.2, 0.25) is 0 Å². The summed E-state index contributed by atoms with van der Waals surface area (Å²) in [5.74, 6) is 1.27. The standard InChI is InChI=1S/C17H22N2O4/c1-17(2,3)23-16(20)19-10-13-12-9-15(22-5)14(21-4)8-11(12)6-7-18-13/h6-9H,10H2,1-5H3,(H,19,20). The highest BCUT2D eigenvalue weighted by molar-refractivity contribution is 5.88. The van der Waals surface area contributed by atoms with Gasteiger partial charge in [-0.1, -0.05) is 0 Å². The molecule has 0 aliphatic carbocycles. The lowest BCUT2D eigenvalue weighted by molar-refractivity contribution is 0.0523. The summed E-state index contributed by atoms with van der Waals surface area (Å²) >= 11 is 0. The van der Waals surface area contributed by atoms with E-state index in [0.717, 1.165) is 16.5 Å². The number of nitrogens with one attached hydrogen (secondary N) is 1. The number of alkyl carbamates (subject to hydrolysis) is 1. The van der Waals surface area contributed by atoms with Crippen molar-refractivity contribution in [3.8, 4) is 11.5 Å². The van der Waals surface area contributed by atoms with E-state index in [1.54, 1.807) is 20.4 Å². The molecular formula is C17H22N2O4. The molecule has 2 rings (SSSR count). The quantitative estimate of drug-likeness (QED) is 0.937. The number of ether oxygens (including phenoxy) is 3. The van der Waals surface area contributed by atoms with Crippen LogP contribution in [0.3, 0.4) is 0 Å². The van der Waals surface area contributed by atoms with E-state index in [0.29, 0.717) is 11.5 Å². The molecule has 124 valence electrons. The normalized spacial score (nSPS) is 11.2. The van der Waals surface area contributed by atoms with Crippen LogP contribution in [0.4, 0.5) is 4.79 Å². The van der Waals surface area contributed by atoms with E-state index in [2.05, 4.69) is 10.3 Å². The summed E-state index contributed by atoms with van der Waals surface area (Å²) in [6.45, 7) is 5.72. The number of amides is 1. The van der Waals surface area contributed by atoms with Crippen LogP contribution in [0, 0.1) is 0 Å². The van der Waals surface area contributed by atoms with E-state index >= 15 is 0 Å². The number of carbonyl (C=O) groups excluding carboxylic acids is 1. The average Bonchev–Trinajstić information content (AvgIpc) is 2.49. The van der Waals surface area contributed by atoms with Crippen molar-refractivity contribution < 1.29 is 19.0 Å². The number of methoxy groups -OCH3 is 2. The molecule has 6 heteroatoms. The smallest absolute Gasteiger partial charge is 0.407 e. The minimum absolute atomic E-state index is 0.266. The summed E-state index contributed by atoms with van der Waals surface area (Å²) in [4.78, 5) is 16.1. The fourth-order valence-electron chi connectivity index (χ4n) is 2.17. The SMILES string of the molecule is COc1cc2ccnc(CNC(=O)OC(C)(C)C)c2cc1OC. The van der Waals surface area contributed by atoms with Gasteiger partial charge in [0.1, 0.15) is 5.60 Å². The molecule has 0 atom stereocenters. The zero-order valence-electron chi connectivity index (χ0n) is 14.1. The second-order valence-corrected chi connectivity index (χ2v) is 6.04. The molecule has 0 spiro atoms. The van der Waals surface area contributed by atoms with Gasteiger partial charge in [-0.05, 0) is 44.4 Å². The monoisotopic (exact) mass is 318 g/mol. The Labute approximate surface area is 135 Å². The third kappa shape index (κ3) is 4.25. The van der Waals surface area contributed by atoms with Gasteiger partial charge in [0.05, 0.1) is 26.5 Å². The molecule has 0 radical (unpaired) electrons. The Morgan fingerprint density at radius 2 is 1.83 bits per heavy atom. The molecular weight excluding hydrogens is 296 g/mol. The van der Waals surface area contributed by atoms with Crippen molar-refractivity contribution >= 4 is 16.9 Å². The van der Waals surface area contributed by atoms with Gasteiger partial charge in [-0.25, -0.2) is 4.79 Å². The second-order valence-electron chi connectivity index (χ2n) is 6.04. The number of hydrogen-bond donors (Lipinski definition) is 1. The minimum Gasteiger partial charge on any atom is -0.493 e. The Kier molecular flexibility index (Phi) is 4.93. The Morgan fingerprint density at radius 3 is 2.43 bits per heavy atom. The number of aromatic nitrogens is 1. The van der Waals surface area contributed by atoms with Crippen molar-refractivity contribution in [3.05, 3.63) is 30.1 Å². The molecule has 0 saturated heterocycles. The summed E-state index contributed by atoms with van der Waals surface area (Å²) < 4.78 is 15.9. The van der Waals surface area contributed by atoms with Gasteiger partial charge in [0.2, 0.25) is 0 Å². The van der Waals surface area contributed by atoms with Crippen LogP contribution in [0.1, 0.15) is 26.5 Å². The highest BCUT2D eigenvalue weighted by atomic mass is 16.6. The Hall–Kier alpha value is -2.50. The van der Waals surface area contributed by atoms with Gasteiger partial charge in [0.15, 0.2) is 11.5 Å². The Bertz CT molecular complexity index is 708. The molecule has 6 nitrogen and oxygen atoms in total. The number of benzene rings is 1. The van der Waals surface area contributed by atoms with Gasteiger partial charge in [0, 0.05) is 11.6 Å². The number of fused-ring (bicyclic) bond motifs is 1. The Balaban J connectivity index is 2.25. The maximum Gasteiger partial charge on any atom is 0.407 e. The largest absolute Gasteiger partial charge is 0.493 e. The third-order valence-corrected chi connectivity index (χ3v) is 3.15. The molecule has 0 aliphatic heterocycles. The van der Waals surface area contributed by atoms with Crippen molar-refractivity contribution in [2.75, 3.05) is 14.2 Å². The molecule has 1 amide bonds. The van der Waals surface area contributed by atoms with Gasteiger partial charge in [0.25, 0.3) is 0 Å². The van der Waals surface area contributed by atoms with Gasteiger partial charge in [-0.3, -0.25) is 4.98 Å². The molecule has 1 heterocycles. The summed E-state index contributed by atoms with van der Waals surface area (Å²) in [6.07, 6.45) is 1.22. The molecule has 1 aromatic carbocycles. The van der Waals surface area contributed by atoms with E-state index in [1.165, 1.54) is 0 Å². The van der Waals surface area contributed by atoms with Gasteiger partial charge in [-0.15, -0.1) is 0 Å². The van der Waals surface area contributed by atoms with Crippen molar-refractivity contribution in [2.45, 2.75) is 32.9 Å². The molecule has 0 saturated carbocycles. The molecule has 1 aromatic heterocycles. The highest BCUT2D eigenvalue weighted by Gasteiger charge is 2.16. The average molecular weight is 318 g/mol. The van der Waals surface area contributed by atoms with Crippen molar-refractivity contribution in [1.82, 2.24) is 10.3 Å². The van der Waals surface area contributed by atoms with Crippen LogP contribution in [-0.2, 0) is 11.3 Å². The first-order valence-corrected chi connectivity index (χ1v) is 7.30. The Morgan fingerprint density at radius 1 is 1.17 bits per heavy atom. The molecule has 0 fully saturated rings. The van der Waals surface area contributed by atoms with Gasteiger partial charge >= 0.3 is 6.09 Å². The van der Waals surface area contributed by atoms with E-state index < -0.39 is 11.7 Å². The lowest BCUT2D eigenvalue weighted by atomic mass is 10.1. The minimum atomic E-state index is -0.535. The lowest BCUT2D eigenvalue weighted by Gasteiger charge is -2.19. The molecule has 0 unspecified atom stereocenters. The van der Waals surface area contributed by atoms with Crippen LogP contribution in [0.25, 0.3) is 10.8 Å². The van der Waals surface area contributed by atoms with Crippen molar-refractivity contribution in [3.63, 3.8) is 0 Å². The van der Waals surface area contributed by atoms with E-state index in [4.69, 9.17) is 14.2 Å². The van der Waals surface area contributed by atoms with E-state index in [1.807, 2.05) is 39.0 Å². The lowest BCUT2D eigenvalue weighted by Crippen LogP contribution is -2.32. The second kappa shape index (κ2) is 6.73. The van der Waals surface area contributed by atoms with Crippen LogP contribution < -0.4 is 14.8 Å². The first kappa shape index (κ1) is 16.9. The first-order valence-electron chi connectivity index (χ1n) is 7.30. The number of hydrogen-bond acceptors (Lipinski definition) is 5. The van der Waals surface area contributed by atoms with Gasteiger partial charge < -0.3 is 19.5 Å². The van der Waals surface area contributed by atoms with Crippen LogP contribution in [-0.4, -0.2) is 30.9 Å². The topological polar surface area (TPSA) is 69.7 Å². The summed E-state index contributed by atoms with van der Waals surface area (Å²) in [7, 11) is 3.18. The summed E-state index contributed by atoms with van der Waals surface area (Å²) in [5, 5.41) is 4.57. The fourth-order valence-corrected chi connectivity index (χ4v) is 2.17. The maximum absolute atomic E-state index is 11.8. The van der Waals surface area contributed by atoms with Gasteiger partial charge in [-0.2, -0.15) is 0 Å². The highest BCUT2D eigenvalue weighted by Crippen LogP contribution is 2.32.